The van der Waals surface area contributed by atoms with E-state index in [4.69, 9.17) is 11.6 Å². The van der Waals surface area contributed by atoms with Crippen LogP contribution in [0.25, 0.3) is 0 Å². The summed E-state index contributed by atoms with van der Waals surface area (Å²) in [6.45, 7) is 7.11. The fraction of sp³-hybridized carbons (Fsp3) is 0.625. The highest BCUT2D eigenvalue weighted by atomic mass is 35.5. The molecule has 2 aliphatic heterocycles. The first-order valence-electron chi connectivity index (χ1n) is 7.65. The Morgan fingerprint density at radius 1 is 1.05 bits per heavy atom. The Balaban J connectivity index is 1.50. The van der Waals surface area contributed by atoms with E-state index in [-0.39, 0.29) is 0 Å². The molecular weight excluding hydrogens is 270 g/mol. The molecule has 0 radical (unpaired) electrons. The minimum atomic E-state index is 0.775. The maximum absolute atomic E-state index is 5.95. The number of piperazine rings is 1. The van der Waals surface area contributed by atoms with Crippen molar-refractivity contribution in [3.63, 3.8) is 0 Å². The molecule has 20 heavy (non-hydrogen) atoms. The molecule has 0 aliphatic carbocycles. The van der Waals surface area contributed by atoms with Crippen molar-refractivity contribution in [3.05, 3.63) is 29.3 Å². The molecule has 0 bridgehead atoms. The van der Waals surface area contributed by atoms with E-state index in [2.05, 4.69) is 33.9 Å². The Bertz CT molecular complexity index is 426. The summed E-state index contributed by atoms with van der Waals surface area (Å²) in [5, 5.41) is 0.816. The first-order chi connectivity index (χ1) is 9.72. The molecule has 0 saturated carbocycles. The third-order valence-electron chi connectivity index (χ3n) is 4.70. The van der Waals surface area contributed by atoms with Crippen molar-refractivity contribution in [3.8, 4) is 0 Å². The zero-order chi connectivity index (χ0) is 13.9. The van der Waals surface area contributed by atoms with Crippen molar-refractivity contribution in [2.45, 2.75) is 18.9 Å². The third-order valence-corrected chi connectivity index (χ3v) is 4.96. The van der Waals surface area contributed by atoms with Crippen LogP contribution in [0.4, 0.5) is 5.69 Å². The number of rotatable bonds is 3. The van der Waals surface area contributed by atoms with Gasteiger partial charge in [0.15, 0.2) is 0 Å². The first-order valence-corrected chi connectivity index (χ1v) is 8.03. The van der Waals surface area contributed by atoms with Crippen LogP contribution in [0.1, 0.15) is 12.8 Å². The van der Waals surface area contributed by atoms with Crippen LogP contribution in [0.2, 0.25) is 5.02 Å². The molecule has 0 aromatic heterocycles. The Morgan fingerprint density at radius 2 is 1.75 bits per heavy atom. The van der Waals surface area contributed by atoms with E-state index in [1.165, 1.54) is 44.7 Å². The van der Waals surface area contributed by atoms with Crippen molar-refractivity contribution in [1.29, 1.82) is 0 Å². The van der Waals surface area contributed by atoms with Crippen molar-refractivity contribution < 1.29 is 0 Å². The maximum atomic E-state index is 5.95. The Labute approximate surface area is 127 Å². The highest BCUT2D eigenvalue weighted by Crippen LogP contribution is 2.21. The molecule has 2 saturated heterocycles. The summed E-state index contributed by atoms with van der Waals surface area (Å²) in [5.41, 5.74) is 1.30. The lowest BCUT2D eigenvalue weighted by Gasteiger charge is -2.38. The third kappa shape index (κ3) is 3.27. The number of likely N-dealkylation sites (tertiary alicyclic amines) is 1. The summed E-state index contributed by atoms with van der Waals surface area (Å²) in [5.74, 6) is 0. The molecule has 0 amide bonds. The zero-order valence-corrected chi connectivity index (χ0v) is 13.0. The largest absolute Gasteiger partial charge is 0.369 e. The van der Waals surface area contributed by atoms with Crippen LogP contribution in [-0.2, 0) is 0 Å². The van der Waals surface area contributed by atoms with Gasteiger partial charge in [-0.3, -0.25) is 4.90 Å². The fourth-order valence-corrected chi connectivity index (χ4v) is 3.47. The van der Waals surface area contributed by atoms with Crippen molar-refractivity contribution in [2.24, 2.45) is 0 Å². The van der Waals surface area contributed by atoms with E-state index in [9.17, 15) is 0 Å². The van der Waals surface area contributed by atoms with Crippen LogP contribution in [0.3, 0.4) is 0 Å². The number of anilines is 1. The van der Waals surface area contributed by atoms with Gasteiger partial charge in [0, 0.05) is 49.5 Å². The molecule has 1 atom stereocenters. The van der Waals surface area contributed by atoms with E-state index in [1.54, 1.807) is 0 Å². The fourth-order valence-electron chi connectivity index (χ4n) is 3.35. The van der Waals surface area contributed by atoms with Gasteiger partial charge in [-0.25, -0.2) is 0 Å². The van der Waals surface area contributed by atoms with E-state index in [0.717, 1.165) is 24.2 Å². The molecular formula is C16H24ClN3. The van der Waals surface area contributed by atoms with Gasteiger partial charge >= 0.3 is 0 Å². The average Bonchev–Trinajstić information content (AvgIpc) is 2.86. The van der Waals surface area contributed by atoms with Crippen LogP contribution < -0.4 is 4.90 Å². The minimum Gasteiger partial charge on any atom is -0.369 e. The van der Waals surface area contributed by atoms with Gasteiger partial charge in [-0.2, -0.15) is 0 Å². The second-order valence-corrected chi connectivity index (χ2v) is 6.48. The quantitative estimate of drug-likeness (QED) is 0.848. The number of likely N-dealkylation sites (N-methyl/N-ethyl adjacent to an activating group) is 1. The predicted octanol–water partition coefficient (Wildman–Crippen LogP) is 2.56. The van der Waals surface area contributed by atoms with E-state index in [1.807, 2.05) is 12.1 Å². The van der Waals surface area contributed by atoms with E-state index in [0.29, 0.717) is 0 Å². The Kier molecular flexibility index (Phi) is 4.49. The zero-order valence-electron chi connectivity index (χ0n) is 12.3. The van der Waals surface area contributed by atoms with Gasteiger partial charge in [0.25, 0.3) is 0 Å². The van der Waals surface area contributed by atoms with Crippen LogP contribution in [0.5, 0.6) is 0 Å². The molecule has 0 N–H and O–H groups in total. The smallest absolute Gasteiger partial charge is 0.0407 e. The first kappa shape index (κ1) is 14.2. The highest BCUT2D eigenvalue weighted by Gasteiger charge is 2.25. The summed E-state index contributed by atoms with van der Waals surface area (Å²) in [4.78, 5) is 7.61. The summed E-state index contributed by atoms with van der Waals surface area (Å²) in [6.07, 6.45) is 2.74. The van der Waals surface area contributed by atoms with Crippen molar-refractivity contribution in [2.75, 3.05) is 51.2 Å². The molecule has 2 aliphatic rings. The van der Waals surface area contributed by atoms with Crippen LogP contribution in [-0.4, -0.2) is 62.2 Å². The summed E-state index contributed by atoms with van der Waals surface area (Å²) in [7, 11) is 2.27. The van der Waals surface area contributed by atoms with Crippen LogP contribution in [0.15, 0.2) is 24.3 Å². The normalized spacial score (nSPS) is 25.3. The molecule has 3 rings (SSSR count). The topological polar surface area (TPSA) is 9.72 Å². The molecule has 2 fully saturated rings. The molecule has 2 heterocycles. The number of halogens is 1. The summed E-state index contributed by atoms with van der Waals surface area (Å²) in [6, 6.07) is 9.00. The van der Waals surface area contributed by atoms with Gasteiger partial charge in [-0.1, -0.05) is 11.6 Å². The standard InChI is InChI=1S/C16H24ClN3/c1-18-8-2-3-16(18)13-19-9-11-20(12-10-19)15-6-4-14(17)5-7-15/h4-7,16H,2-3,8-13H2,1H3/t16-/m1/s1. The number of nitrogens with zero attached hydrogens (tertiary/aromatic N) is 3. The predicted molar refractivity (Wildman–Crippen MR) is 85.8 cm³/mol. The second-order valence-electron chi connectivity index (χ2n) is 6.04. The maximum Gasteiger partial charge on any atom is 0.0407 e. The highest BCUT2D eigenvalue weighted by molar-refractivity contribution is 6.30. The second kappa shape index (κ2) is 6.33. The molecule has 1 aromatic rings. The Morgan fingerprint density at radius 3 is 2.35 bits per heavy atom. The van der Waals surface area contributed by atoms with Gasteiger partial charge in [0.2, 0.25) is 0 Å². The molecule has 0 unspecified atom stereocenters. The molecule has 110 valence electrons. The summed E-state index contributed by atoms with van der Waals surface area (Å²) >= 11 is 5.95. The molecule has 4 heteroatoms. The molecule has 1 aromatic carbocycles. The van der Waals surface area contributed by atoms with Crippen molar-refractivity contribution >= 4 is 17.3 Å². The molecule has 3 nitrogen and oxygen atoms in total. The van der Waals surface area contributed by atoms with Crippen molar-refractivity contribution in [1.82, 2.24) is 9.80 Å². The van der Waals surface area contributed by atoms with Crippen LogP contribution >= 0.6 is 11.6 Å². The van der Waals surface area contributed by atoms with Gasteiger partial charge in [-0.05, 0) is 50.7 Å². The van der Waals surface area contributed by atoms with Gasteiger partial charge < -0.3 is 9.80 Å². The minimum absolute atomic E-state index is 0.775. The van der Waals surface area contributed by atoms with Gasteiger partial charge in [0.05, 0.1) is 0 Å². The van der Waals surface area contributed by atoms with Crippen LogP contribution in [0, 0.1) is 0 Å². The lowest BCUT2D eigenvalue weighted by atomic mass is 10.2. The molecule has 0 spiro atoms. The lowest BCUT2D eigenvalue weighted by molar-refractivity contribution is 0.185. The number of hydrogen-bond acceptors (Lipinski definition) is 3. The van der Waals surface area contributed by atoms with E-state index < -0.39 is 0 Å². The average molecular weight is 294 g/mol. The number of hydrogen-bond donors (Lipinski definition) is 0. The van der Waals surface area contributed by atoms with E-state index >= 15 is 0 Å². The van der Waals surface area contributed by atoms with Gasteiger partial charge in [-0.15, -0.1) is 0 Å². The SMILES string of the molecule is CN1CCC[C@@H]1CN1CCN(c2ccc(Cl)cc2)CC1. The Hall–Kier alpha value is -0.770. The lowest BCUT2D eigenvalue weighted by Crippen LogP contribution is -2.50. The number of benzene rings is 1. The van der Waals surface area contributed by atoms with Gasteiger partial charge in [0.1, 0.15) is 0 Å². The monoisotopic (exact) mass is 293 g/mol. The summed E-state index contributed by atoms with van der Waals surface area (Å²) < 4.78 is 0.